The lowest BCUT2D eigenvalue weighted by Crippen LogP contribution is -2.34. The molecule has 0 aliphatic heterocycles. The highest BCUT2D eigenvalue weighted by Crippen LogP contribution is 2.31. The number of hydrogen-bond donors (Lipinski definition) is 1. The van der Waals surface area contributed by atoms with Gasteiger partial charge in [-0.15, -0.1) is 0 Å². The highest BCUT2D eigenvalue weighted by atomic mass is 16.5. The number of carbonyl (C=O) groups is 1. The number of carbonyl (C=O) groups excluding carboxylic acids is 1. The first-order valence-corrected chi connectivity index (χ1v) is 6.25. The third-order valence-corrected chi connectivity index (χ3v) is 3.55. The van der Waals surface area contributed by atoms with E-state index in [9.17, 15) is 9.90 Å². The van der Waals surface area contributed by atoms with Gasteiger partial charge in [-0.05, 0) is 30.9 Å². The Morgan fingerprint density at radius 3 is 2.78 bits per heavy atom. The van der Waals surface area contributed by atoms with Crippen molar-refractivity contribution in [3.8, 4) is 11.5 Å². The molecule has 1 N–H and O–H groups in total. The van der Waals surface area contributed by atoms with Gasteiger partial charge in [-0.1, -0.05) is 12.5 Å². The van der Waals surface area contributed by atoms with Crippen LogP contribution in [0.15, 0.2) is 18.2 Å². The molecule has 98 valence electrons. The number of phenols is 1. The summed E-state index contributed by atoms with van der Waals surface area (Å²) in [6, 6.07) is 4.97. The molecule has 0 aromatic heterocycles. The fourth-order valence-electron chi connectivity index (χ4n) is 2.21. The molecule has 2 rings (SSSR count). The molecule has 0 spiro atoms. The van der Waals surface area contributed by atoms with Crippen molar-refractivity contribution >= 4 is 5.91 Å². The molecule has 0 saturated heterocycles. The maximum absolute atomic E-state index is 12.2. The second-order valence-electron chi connectivity index (χ2n) is 4.84. The normalized spacial score (nSPS) is 15.0. The molecule has 4 nitrogen and oxygen atoms in total. The molecule has 0 unspecified atom stereocenters. The van der Waals surface area contributed by atoms with E-state index in [2.05, 4.69) is 0 Å². The zero-order valence-electron chi connectivity index (χ0n) is 10.8. The molecule has 1 saturated carbocycles. The molecule has 0 heterocycles. The first-order valence-electron chi connectivity index (χ1n) is 6.25. The molecule has 1 amide bonds. The fourth-order valence-corrected chi connectivity index (χ4v) is 2.21. The van der Waals surface area contributed by atoms with Gasteiger partial charge in [0.05, 0.1) is 12.7 Å². The van der Waals surface area contributed by atoms with E-state index < -0.39 is 0 Å². The van der Waals surface area contributed by atoms with E-state index in [1.165, 1.54) is 26.4 Å². The van der Waals surface area contributed by atoms with E-state index >= 15 is 0 Å². The average Bonchev–Trinajstić information content (AvgIpc) is 2.33. The smallest absolute Gasteiger partial charge is 0.257 e. The molecule has 18 heavy (non-hydrogen) atoms. The van der Waals surface area contributed by atoms with E-state index in [0.717, 1.165) is 6.54 Å². The van der Waals surface area contributed by atoms with Crippen LogP contribution in [0.3, 0.4) is 0 Å². The summed E-state index contributed by atoms with van der Waals surface area (Å²) in [4.78, 5) is 13.9. The maximum Gasteiger partial charge on any atom is 0.257 e. The van der Waals surface area contributed by atoms with Gasteiger partial charge < -0.3 is 14.7 Å². The third-order valence-electron chi connectivity index (χ3n) is 3.55. The van der Waals surface area contributed by atoms with Crippen LogP contribution in [0.5, 0.6) is 11.5 Å². The number of phenolic OH excluding ortho intramolecular Hbond substituents is 1. The summed E-state index contributed by atoms with van der Waals surface area (Å²) in [5.74, 6) is 0.716. The number of amides is 1. The first kappa shape index (κ1) is 12.7. The van der Waals surface area contributed by atoms with Crippen LogP contribution in [0.1, 0.15) is 29.6 Å². The standard InChI is InChI=1S/C14H19NO3/c1-15(9-10-5-3-6-10)14(17)11-7-4-8-12(18-2)13(11)16/h4,7-8,10,16H,3,5-6,9H2,1-2H3. The summed E-state index contributed by atoms with van der Waals surface area (Å²) in [5, 5.41) is 9.94. The largest absolute Gasteiger partial charge is 0.504 e. The fraction of sp³-hybridized carbons (Fsp3) is 0.500. The topological polar surface area (TPSA) is 49.8 Å². The second kappa shape index (κ2) is 5.29. The van der Waals surface area contributed by atoms with Crippen LogP contribution >= 0.6 is 0 Å². The Bertz CT molecular complexity index is 441. The van der Waals surface area contributed by atoms with Crippen molar-refractivity contribution in [1.29, 1.82) is 0 Å². The molecule has 0 bridgehead atoms. The van der Waals surface area contributed by atoms with Crippen LogP contribution in [0.2, 0.25) is 0 Å². The molecular weight excluding hydrogens is 230 g/mol. The monoisotopic (exact) mass is 249 g/mol. The Morgan fingerprint density at radius 1 is 1.50 bits per heavy atom. The van der Waals surface area contributed by atoms with Crippen LogP contribution in [-0.4, -0.2) is 36.6 Å². The number of benzene rings is 1. The van der Waals surface area contributed by atoms with Crippen LogP contribution < -0.4 is 4.74 Å². The number of nitrogens with zero attached hydrogens (tertiary/aromatic N) is 1. The molecule has 1 aromatic rings. The van der Waals surface area contributed by atoms with Crippen molar-refractivity contribution in [3.63, 3.8) is 0 Å². The number of methoxy groups -OCH3 is 1. The Hall–Kier alpha value is -1.71. The van der Waals surface area contributed by atoms with Gasteiger partial charge in [0.2, 0.25) is 0 Å². The van der Waals surface area contributed by atoms with Crippen LogP contribution in [0.25, 0.3) is 0 Å². The molecule has 1 fully saturated rings. The van der Waals surface area contributed by atoms with E-state index in [-0.39, 0.29) is 11.7 Å². The second-order valence-corrected chi connectivity index (χ2v) is 4.84. The number of hydrogen-bond acceptors (Lipinski definition) is 3. The van der Waals surface area contributed by atoms with Crippen molar-refractivity contribution in [3.05, 3.63) is 23.8 Å². The third kappa shape index (κ3) is 2.42. The van der Waals surface area contributed by atoms with Gasteiger partial charge in [-0.3, -0.25) is 4.79 Å². The Morgan fingerprint density at radius 2 is 2.22 bits per heavy atom. The van der Waals surface area contributed by atoms with Gasteiger partial charge in [-0.2, -0.15) is 0 Å². The molecule has 0 radical (unpaired) electrons. The summed E-state index contributed by atoms with van der Waals surface area (Å²) in [5.41, 5.74) is 0.302. The average molecular weight is 249 g/mol. The lowest BCUT2D eigenvalue weighted by Gasteiger charge is -2.30. The van der Waals surface area contributed by atoms with Gasteiger partial charge in [0.15, 0.2) is 11.5 Å². The van der Waals surface area contributed by atoms with Gasteiger partial charge in [0.1, 0.15) is 0 Å². The van der Waals surface area contributed by atoms with Crippen molar-refractivity contribution in [2.75, 3.05) is 20.7 Å². The van der Waals surface area contributed by atoms with Crippen molar-refractivity contribution in [1.82, 2.24) is 4.90 Å². The van der Waals surface area contributed by atoms with Gasteiger partial charge in [0.25, 0.3) is 5.91 Å². The quantitative estimate of drug-likeness (QED) is 0.890. The van der Waals surface area contributed by atoms with E-state index in [1.54, 1.807) is 30.1 Å². The first-order chi connectivity index (χ1) is 8.63. The summed E-state index contributed by atoms with van der Waals surface area (Å²) >= 11 is 0. The minimum absolute atomic E-state index is 0.0783. The summed E-state index contributed by atoms with van der Waals surface area (Å²) < 4.78 is 5.01. The summed E-state index contributed by atoms with van der Waals surface area (Å²) in [6.45, 7) is 0.759. The van der Waals surface area contributed by atoms with Crippen LogP contribution in [-0.2, 0) is 0 Å². The molecule has 4 heteroatoms. The highest BCUT2D eigenvalue weighted by molar-refractivity contribution is 5.97. The molecular formula is C14H19NO3. The minimum Gasteiger partial charge on any atom is -0.504 e. The number of rotatable bonds is 4. The van der Waals surface area contributed by atoms with Gasteiger partial charge in [-0.25, -0.2) is 0 Å². The lowest BCUT2D eigenvalue weighted by atomic mass is 9.85. The molecule has 1 aliphatic carbocycles. The Balaban J connectivity index is 2.11. The summed E-state index contributed by atoms with van der Waals surface area (Å²) in [7, 11) is 3.25. The zero-order chi connectivity index (χ0) is 13.1. The van der Waals surface area contributed by atoms with Crippen molar-refractivity contribution < 1.29 is 14.6 Å². The molecule has 0 atom stereocenters. The Kier molecular flexibility index (Phi) is 3.75. The minimum atomic E-state index is -0.154. The summed E-state index contributed by atoms with van der Waals surface area (Å²) in [6.07, 6.45) is 3.65. The maximum atomic E-state index is 12.2. The number of ether oxygens (including phenoxy) is 1. The van der Waals surface area contributed by atoms with Crippen molar-refractivity contribution in [2.24, 2.45) is 5.92 Å². The predicted molar refractivity (Wildman–Crippen MR) is 69.0 cm³/mol. The van der Waals surface area contributed by atoms with E-state index in [4.69, 9.17) is 4.74 Å². The van der Waals surface area contributed by atoms with Gasteiger partial charge >= 0.3 is 0 Å². The predicted octanol–water partition coefficient (Wildman–Crippen LogP) is 2.27. The van der Waals surface area contributed by atoms with E-state index in [1.807, 2.05) is 0 Å². The SMILES string of the molecule is COc1cccc(C(=O)N(C)CC2CCC2)c1O. The number of aromatic hydroxyl groups is 1. The van der Waals surface area contributed by atoms with Gasteiger partial charge in [0, 0.05) is 13.6 Å². The lowest BCUT2D eigenvalue weighted by molar-refractivity contribution is 0.0741. The zero-order valence-corrected chi connectivity index (χ0v) is 10.8. The Labute approximate surface area is 107 Å². The molecule has 1 aromatic carbocycles. The van der Waals surface area contributed by atoms with Crippen LogP contribution in [0, 0.1) is 5.92 Å². The number of para-hydroxylation sites is 1. The van der Waals surface area contributed by atoms with Crippen LogP contribution in [0.4, 0.5) is 0 Å². The van der Waals surface area contributed by atoms with Crippen molar-refractivity contribution in [2.45, 2.75) is 19.3 Å². The highest BCUT2D eigenvalue weighted by Gasteiger charge is 2.24. The van der Waals surface area contributed by atoms with E-state index in [0.29, 0.717) is 17.2 Å². The molecule has 1 aliphatic rings.